The van der Waals surface area contributed by atoms with Crippen LogP contribution >= 0.6 is 0 Å². The number of para-hydroxylation sites is 1. The summed E-state index contributed by atoms with van der Waals surface area (Å²) in [5.74, 6) is -1.55. The number of carbonyl (C=O) groups is 5. The molecule has 0 radical (unpaired) electrons. The van der Waals surface area contributed by atoms with Crippen LogP contribution in [0.1, 0.15) is 102 Å². The number of nitrogens with one attached hydrogen (secondary N) is 3. The van der Waals surface area contributed by atoms with Gasteiger partial charge in [-0.3, -0.25) is 33.8 Å². The van der Waals surface area contributed by atoms with Gasteiger partial charge in [0.05, 0.1) is 42.3 Å². The average Bonchev–Trinajstić information content (AvgIpc) is 3.66. The molecule has 17 heteroatoms. The lowest BCUT2D eigenvalue weighted by atomic mass is 9.72. The molecule has 1 saturated carbocycles. The number of likely N-dealkylation sites (tertiary alicyclic amines) is 1. The summed E-state index contributed by atoms with van der Waals surface area (Å²) in [6.07, 6.45) is 2.08. The van der Waals surface area contributed by atoms with Crippen molar-refractivity contribution in [2.45, 2.75) is 152 Å². The Bertz CT molecular complexity index is 2160. The molecule has 0 spiro atoms. The number of esters is 1. The standard InChI is InChI=1S/C38H50N6O5.C12H21NO5/c1-38(2,3)43-37(49)32-20-26-14-7-8-15-27(26)22-44(32)23-33(45)30(19-24-11-5-4-6-12-24)41-36(48)31(21-34(39)46)42-35(47)29-18-17-25-13-9-10-16-28(25)40-29;1-2-3-9(15)18-8-6-13-5-4-7(14)10(13)12(17)11(8)16/h4-6,9-13,16-18,26-27,30-33,45H,7-8,14-15,19-23H2,1-3H3,(H2,39,46)(H,41,48)(H,42,47)(H,43,49);7-8,10-12,14,16-17H,2-6H2,1H3/t26-,27+,30-,31-,32-,33+;7-,8-,10+,11+,12+/m00/s1. The lowest BCUT2D eigenvalue weighted by molar-refractivity contribution is -0.179. The number of hydrogen-bond acceptors (Lipinski definition) is 13. The average molecular weight is 930 g/mol. The molecule has 11 atom stereocenters. The van der Waals surface area contributed by atoms with Gasteiger partial charge in [0.1, 0.15) is 30.0 Å². The number of fused-ring (bicyclic) bond motifs is 3. The van der Waals surface area contributed by atoms with E-state index >= 15 is 0 Å². The van der Waals surface area contributed by atoms with Crippen molar-refractivity contribution in [3.05, 3.63) is 78.0 Å². The second-order valence-electron chi connectivity index (χ2n) is 19.8. The van der Waals surface area contributed by atoms with Crippen molar-refractivity contribution >= 4 is 40.5 Å². The van der Waals surface area contributed by atoms with Crippen LogP contribution in [-0.2, 0) is 30.3 Å². The number of hydrogen-bond donors (Lipinski definition) is 8. The molecule has 366 valence electrons. The molecule has 9 N–H and O–H groups in total. The van der Waals surface area contributed by atoms with E-state index < -0.39 is 84.4 Å². The van der Waals surface area contributed by atoms with Crippen LogP contribution in [-0.4, -0.2) is 151 Å². The van der Waals surface area contributed by atoms with Crippen LogP contribution < -0.4 is 21.7 Å². The number of carbonyl (C=O) groups excluding carboxylic acids is 5. The van der Waals surface area contributed by atoms with Crippen LogP contribution in [0.15, 0.2) is 66.7 Å². The number of benzene rings is 2. The van der Waals surface area contributed by atoms with E-state index in [0.29, 0.717) is 56.2 Å². The number of pyridine rings is 1. The third kappa shape index (κ3) is 14.0. The van der Waals surface area contributed by atoms with E-state index in [4.69, 9.17) is 10.5 Å². The lowest BCUT2D eigenvalue weighted by Crippen LogP contribution is -2.62. The number of aliphatic hydroxyl groups excluding tert-OH is 4. The van der Waals surface area contributed by atoms with Gasteiger partial charge in [-0.2, -0.15) is 0 Å². The van der Waals surface area contributed by atoms with Crippen LogP contribution in [0.5, 0.6) is 0 Å². The van der Waals surface area contributed by atoms with Crippen LogP contribution in [0, 0.1) is 11.8 Å². The van der Waals surface area contributed by atoms with Gasteiger partial charge in [0.25, 0.3) is 5.91 Å². The number of nitrogens with zero attached hydrogens (tertiary/aromatic N) is 3. The fourth-order valence-corrected chi connectivity index (χ4v) is 10.1. The van der Waals surface area contributed by atoms with E-state index in [1.165, 1.54) is 6.42 Å². The molecular weight excluding hydrogens is 859 g/mol. The molecule has 4 fully saturated rings. The third-order valence-corrected chi connectivity index (χ3v) is 13.4. The van der Waals surface area contributed by atoms with Gasteiger partial charge < -0.3 is 46.8 Å². The highest BCUT2D eigenvalue weighted by Crippen LogP contribution is 2.39. The fourth-order valence-electron chi connectivity index (χ4n) is 10.1. The number of aliphatic hydroxyl groups is 4. The Morgan fingerprint density at radius 3 is 2.28 bits per heavy atom. The van der Waals surface area contributed by atoms with Crippen LogP contribution in [0.2, 0.25) is 0 Å². The Balaban J connectivity index is 0.000000343. The van der Waals surface area contributed by atoms with Crippen molar-refractivity contribution in [2.75, 3.05) is 26.2 Å². The SMILES string of the molecule is CC(C)(C)NC(=O)[C@@H]1C[C@@H]2CCCC[C@@H]2CN1C[C@@H](O)[C@H](Cc1ccccc1)NC(=O)[C@H](CC(N)=O)NC(=O)c1ccc2ccccc2n1.CCCC(=O)O[C@H]1CN2CC[C@H](O)[C@@H]2[C@@H](O)[C@@H]1O. The molecule has 3 aromatic rings. The summed E-state index contributed by atoms with van der Waals surface area (Å²) in [5.41, 5.74) is 6.70. The predicted molar refractivity (Wildman–Crippen MR) is 251 cm³/mol. The number of nitrogens with two attached hydrogens (primary N) is 1. The van der Waals surface area contributed by atoms with Crippen LogP contribution in [0.25, 0.3) is 10.9 Å². The fraction of sp³-hybridized carbons (Fsp3) is 0.600. The second-order valence-corrected chi connectivity index (χ2v) is 19.8. The summed E-state index contributed by atoms with van der Waals surface area (Å²) in [6.45, 7) is 9.62. The first-order chi connectivity index (χ1) is 31.9. The van der Waals surface area contributed by atoms with Gasteiger partial charge in [-0.05, 0) is 82.4 Å². The number of β-amino-alcohol motifs (C(OH)–C–C–N with tert-alkyl or cyclic N) is 1. The molecule has 7 rings (SSSR count). The third-order valence-electron chi connectivity index (χ3n) is 13.4. The van der Waals surface area contributed by atoms with Crippen molar-refractivity contribution in [3.63, 3.8) is 0 Å². The number of ether oxygens (including phenoxy) is 1. The van der Waals surface area contributed by atoms with Crippen LogP contribution in [0.3, 0.4) is 0 Å². The number of primary amides is 1. The molecule has 4 heterocycles. The Labute approximate surface area is 393 Å². The number of amides is 4. The zero-order chi connectivity index (χ0) is 48.4. The topological polar surface area (TPSA) is 257 Å². The maximum absolute atomic E-state index is 13.8. The van der Waals surface area contributed by atoms with Gasteiger partial charge in [0.15, 0.2) is 0 Å². The van der Waals surface area contributed by atoms with E-state index in [1.807, 2.05) is 81.1 Å². The summed E-state index contributed by atoms with van der Waals surface area (Å²) in [7, 11) is 0. The van der Waals surface area contributed by atoms with E-state index in [2.05, 4.69) is 25.8 Å². The molecule has 0 bridgehead atoms. The Morgan fingerprint density at radius 2 is 1.58 bits per heavy atom. The molecule has 1 aromatic heterocycles. The van der Waals surface area contributed by atoms with Gasteiger partial charge in [0.2, 0.25) is 17.7 Å². The Morgan fingerprint density at radius 1 is 0.881 bits per heavy atom. The summed E-state index contributed by atoms with van der Waals surface area (Å²) in [6, 6.07) is 17.2. The normalized spacial score (nSPS) is 26.6. The summed E-state index contributed by atoms with van der Waals surface area (Å²) < 4.78 is 5.19. The minimum Gasteiger partial charge on any atom is -0.458 e. The molecule has 4 amide bonds. The predicted octanol–water partition coefficient (Wildman–Crippen LogP) is 1.96. The summed E-state index contributed by atoms with van der Waals surface area (Å²) in [5, 5.41) is 51.1. The molecule has 1 aliphatic carbocycles. The summed E-state index contributed by atoms with van der Waals surface area (Å²) >= 11 is 0. The van der Waals surface area contributed by atoms with E-state index in [1.54, 1.807) is 18.2 Å². The highest BCUT2D eigenvalue weighted by molar-refractivity contribution is 5.99. The quantitative estimate of drug-likeness (QED) is 0.102. The monoisotopic (exact) mass is 930 g/mol. The molecule has 3 aliphatic heterocycles. The smallest absolute Gasteiger partial charge is 0.306 e. The van der Waals surface area contributed by atoms with Gasteiger partial charge in [-0.1, -0.05) is 80.8 Å². The highest BCUT2D eigenvalue weighted by atomic mass is 16.6. The van der Waals surface area contributed by atoms with Gasteiger partial charge in [-0.15, -0.1) is 0 Å². The molecule has 0 unspecified atom stereocenters. The van der Waals surface area contributed by atoms with E-state index in [9.17, 15) is 44.4 Å². The van der Waals surface area contributed by atoms with Gasteiger partial charge in [0, 0.05) is 43.5 Å². The molecular formula is C50H71N7O10. The van der Waals surface area contributed by atoms with Gasteiger partial charge >= 0.3 is 5.97 Å². The first-order valence-corrected chi connectivity index (χ1v) is 23.9. The Kier molecular flexibility index (Phi) is 17.9. The number of rotatable bonds is 15. The van der Waals surface area contributed by atoms with Crippen molar-refractivity contribution in [2.24, 2.45) is 17.6 Å². The van der Waals surface area contributed by atoms with Crippen molar-refractivity contribution < 1.29 is 49.1 Å². The van der Waals surface area contributed by atoms with E-state index in [-0.39, 0.29) is 30.5 Å². The second kappa shape index (κ2) is 23.3. The first kappa shape index (κ1) is 51.4. The number of piperidine rings is 2. The van der Waals surface area contributed by atoms with Crippen molar-refractivity contribution in [1.29, 1.82) is 0 Å². The Hall–Kier alpha value is -5.04. The largest absolute Gasteiger partial charge is 0.458 e. The molecule has 17 nitrogen and oxygen atoms in total. The molecule has 67 heavy (non-hydrogen) atoms. The summed E-state index contributed by atoms with van der Waals surface area (Å²) in [4.78, 5) is 72.6. The van der Waals surface area contributed by atoms with Crippen molar-refractivity contribution in [3.8, 4) is 0 Å². The maximum atomic E-state index is 13.8. The molecule has 2 aromatic carbocycles. The maximum Gasteiger partial charge on any atom is 0.306 e. The first-order valence-electron chi connectivity index (χ1n) is 23.9. The minimum atomic E-state index is -1.30. The van der Waals surface area contributed by atoms with E-state index in [0.717, 1.165) is 36.6 Å². The minimum absolute atomic E-state index is 0.0566. The highest BCUT2D eigenvalue weighted by Gasteiger charge is 2.49. The van der Waals surface area contributed by atoms with Crippen LogP contribution in [0.4, 0.5) is 0 Å². The van der Waals surface area contributed by atoms with Crippen molar-refractivity contribution in [1.82, 2.24) is 30.7 Å². The zero-order valence-electron chi connectivity index (χ0n) is 39.3. The molecule has 4 aliphatic rings. The number of aromatic nitrogens is 1. The van der Waals surface area contributed by atoms with Gasteiger partial charge in [-0.25, -0.2) is 4.98 Å². The molecule has 3 saturated heterocycles. The lowest BCUT2D eigenvalue weighted by Gasteiger charge is -2.47. The zero-order valence-corrected chi connectivity index (χ0v) is 39.3.